The lowest BCUT2D eigenvalue weighted by molar-refractivity contribution is -0.175. The summed E-state index contributed by atoms with van der Waals surface area (Å²) >= 11 is 0. The summed E-state index contributed by atoms with van der Waals surface area (Å²) in [5.74, 6) is -0.970. The minimum atomic E-state index is -0.914. The van der Waals surface area contributed by atoms with Gasteiger partial charge >= 0.3 is 11.9 Å². The zero-order chi connectivity index (χ0) is 28.0. The average molecular weight is 499 g/mol. The van der Waals surface area contributed by atoms with Crippen LogP contribution in [0.5, 0.6) is 0 Å². The van der Waals surface area contributed by atoms with Crippen molar-refractivity contribution in [3.8, 4) is 0 Å². The van der Waals surface area contributed by atoms with Crippen molar-refractivity contribution < 1.29 is 23.9 Å². The summed E-state index contributed by atoms with van der Waals surface area (Å²) in [5, 5.41) is 6.26. The summed E-state index contributed by atoms with van der Waals surface area (Å²) in [6, 6.07) is -1.19. The van der Waals surface area contributed by atoms with Gasteiger partial charge in [0.2, 0.25) is 5.91 Å². The summed E-state index contributed by atoms with van der Waals surface area (Å²) in [4.78, 5) is 38.9. The van der Waals surface area contributed by atoms with Crippen molar-refractivity contribution in [1.82, 2.24) is 10.6 Å². The van der Waals surface area contributed by atoms with Crippen LogP contribution in [0.1, 0.15) is 116 Å². The first-order chi connectivity index (χ1) is 15.5. The van der Waals surface area contributed by atoms with E-state index in [1.807, 2.05) is 76.2 Å². The van der Waals surface area contributed by atoms with Crippen molar-refractivity contribution in [2.45, 2.75) is 145 Å². The van der Waals surface area contributed by atoms with Crippen LogP contribution in [0, 0.1) is 17.3 Å². The number of rotatable bonds is 12. The maximum Gasteiger partial charge on any atom is 0.329 e. The zero-order valence-electron chi connectivity index (χ0n) is 25.0. The Balaban J connectivity index is 5.51. The van der Waals surface area contributed by atoms with E-state index in [1.165, 1.54) is 0 Å². The van der Waals surface area contributed by atoms with Crippen LogP contribution >= 0.6 is 0 Å². The number of nitrogens with one attached hydrogen (secondary N) is 2. The molecule has 0 rings (SSSR count). The van der Waals surface area contributed by atoms with E-state index in [9.17, 15) is 14.4 Å². The van der Waals surface area contributed by atoms with Crippen LogP contribution in [0.3, 0.4) is 0 Å². The van der Waals surface area contributed by atoms with E-state index in [0.717, 1.165) is 6.42 Å². The van der Waals surface area contributed by atoms with Gasteiger partial charge in [-0.05, 0) is 60.3 Å². The third-order valence-corrected chi connectivity index (χ3v) is 6.10. The fourth-order valence-electron chi connectivity index (χ4n) is 3.93. The van der Waals surface area contributed by atoms with Crippen LogP contribution in [-0.4, -0.2) is 46.7 Å². The van der Waals surface area contributed by atoms with Gasteiger partial charge in [0.05, 0.1) is 0 Å². The molecule has 0 bridgehead atoms. The zero-order valence-corrected chi connectivity index (χ0v) is 25.0. The molecule has 0 aromatic rings. The summed E-state index contributed by atoms with van der Waals surface area (Å²) in [6.07, 6.45) is 1.86. The number of carbonyl (C=O) groups is 3. The fraction of sp³-hybridized carbons (Fsp3) is 0.893. The molecule has 35 heavy (non-hydrogen) atoms. The smallest absolute Gasteiger partial charge is 0.329 e. The van der Waals surface area contributed by atoms with E-state index in [2.05, 4.69) is 17.6 Å². The van der Waals surface area contributed by atoms with E-state index in [1.54, 1.807) is 13.8 Å². The molecule has 0 aliphatic heterocycles. The molecule has 7 nitrogen and oxygen atoms in total. The fourth-order valence-corrected chi connectivity index (χ4v) is 3.93. The number of ether oxygens (including phenoxy) is 2. The van der Waals surface area contributed by atoms with Crippen molar-refractivity contribution >= 4 is 17.8 Å². The second-order valence-corrected chi connectivity index (χ2v) is 13.4. The van der Waals surface area contributed by atoms with Crippen LogP contribution in [-0.2, 0) is 23.9 Å². The first-order valence-corrected chi connectivity index (χ1v) is 13.1. The first-order valence-electron chi connectivity index (χ1n) is 13.1. The van der Waals surface area contributed by atoms with Gasteiger partial charge in [0, 0.05) is 17.4 Å². The Hall–Kier alpha value is -1.63. The Bertz CT molecular complexity index is 716. The highest BCUT2D eigenvalue weighted by atomic mass is 16.6. The quantitative estimate of drug-likeness (QED) is 0.350. The molecule has 0 aliphatic rings. The third-order valence-electron chi connectivity index (χ3n) is 6.10. The molecule has 206 valence electrons. The van der Waals surface area contributed by atoms with Gasteiger partial charge in [0.1, 0.15) is 23.3 Å². The summed E-state index contributed by atoms with van der Waals surface area (Å²) in [6.45, 7) is 26.7. The molecule has 0 radical (unpaired) electrons. The second-order valence-electron chi connectivity index (χ2n) is 13.4. The average Bonchev–Trinajstić information content (AvgIpc) is 2.65. The maximum absolute atomic E-state index is 13.2. The van der Waals surface area contributed by atoms with Gasteiger partial charge in [0.15, 0.2) is 0 Å². The van der Waals surface area contributed by atoms with Crippen molar-refractivity contribution in [3.05, 3.63) is 0 Å². The van der Waals surface area contributed by atoms with Crippen molar-refractivity contribution in [1.29, 1.82) is 0 Å². The van der Waals surface area contributed by atoms with E-state index in [4.69, 9.17) is 9.47 Å². The van der Waals surface area contributed by atoms with E-state index in [-0.39, 0.29) is 29.3 Å². The van der Waals surface area contributed by atoms with Gasteiger partial charge in [-0.25, -0.2) is 4.79 Å². The standard InChI is InChI=1S/C28H54N2O5/c1-15-18(3)20(29-24(33)25(5,6)7)22(31)34-27(11,12)17-28(13,14)35-23(32)21(19(4)16-2)30-26(8,9)10/h18-21,30H,15-17H2,1-14H3,(H,29,33). The summed E-state index contributed by atoms with van der Waals surface area (Å²) < 4.78 is 11.9. The first kappa shape index (κ1) is 33.4. The molecule has 4 atom stereocenters. The lowest BCUT2D eigenvalue weighted by Gasteiger charge is -2.38. The predicted octanol–water partition coefficient (Wildman–Crippen LogP) is 5.40. The van der Waals surface area contributed by atoms with Crippen LogP contribution in [0.25, 0.3) is 0 Å². The highest BCUT2D eigenvalue weighted by molar-refractivity contribution is 5.87. The second kappa shape index (κ2) is 12.6. The van der Waals surface area contributed by atoms with Crippen molar-refractivity contribution in [2.24, 2.45) is 17.3 Å². The van der Waals surface area contributed by atoms with Gasteiger partial charge in [-0.1, -0.05) is 61.3 Å². The maximum atomic E-state index is 13.2. The molecule has 0 fully saturated rings. The van der Waals surface area contributed by atoms with E-state index < -0.39 is 34.7 Å². The highest BCUT2D eigenvalue weighted by Gasteiger charge is 2.40. The number of esters is 2. The molecule has 1 amide bonds. The van der Waals surface area contributed by atoms with Crippen molar-refractivity contribution in [3.63, 3.8) is 0 Å². The molecule has 0 aromatic carbocycles. The van der Waals surface area contributed by atoms with Crippen LogP contribution in [0.15, 0.2) is 0 Å². The molecule has 2 N–H and O–H groups in total. The van der Waals surface area contributed by atoms with Gasteiger partial charge in [0.25, 0.3) is 0 Å². The number of amides is 1. The monoisotopic (exact) mass is 498 g/mol. The number of carbonyl (C=O) groups excluding carboxylic acids is 3. The Morgan fingerprint density at radius 1 is 0.686 bits per heavy atom. The van der Waals surface area contributed by atoms with Gasteiger partial charge in [-0.15, -0.1) is 0 Å². The topological polar surface area (TPSA) is 93.7 Å². The molecule has 0 saturated heterocycles. The molecule has 0 saturated carbocycles. The molecule has 0 aliphatic carbocycles. The normalized spacial score (nSPS) is 16.6. The Kier molecular flexibility index (Phi) is 12.0. The third kappa shape index (κ3) is 12.2. The van der Waals surface area contributed by atoms with Crippen LogP contribution in [0.4, 0.5) is 0 Å². The molecule has 0 spiro atoms. The van der Waals surface area contributed by atoms with Gasteiger partial charge in [-0.3, -0.25) is 14.9 Å². The lowest BCUT2D eigenvalue weighted by Crippen LogP contribution is -2.54. The van der Waals surface area contributed by atoms with Crippen molar-refractivity contribution in [2.75, 3.05) is 0 Å². The number of hydrogen-bond acceptors (Lipinski definition) is 6. The molecule has 4 unspecified atom stereocenters. The molecular formula is C28H54N2O5. The van der Waals surface area contributed by atoms with Gasteiger partial charge < -0.3 is 14.8 Å². The van der Waals surface area contributed by atoms with E-state index >= 15 is 0 Å². The largest absolute Gasteiger partial charge is 0.458 e. The van der Waals surface area contributed by atoms with Crippen LogP contribution in [0.2, 0.25) is 0 Å². The Morgan fingerprint density at radius 3 is 1.40 bits per heavy atom. The minimum absolute atomic E-state index is 0.0878. The molecule has 0 aromatic heterocycles. The minimum Gasteiger partial charge on any atom is -0.458 e. The Labute approximate surface area is 214 Å². The molecular weight excluding hydrogens is 444 g/mol. The lowest BCUT2D eigenvalue weighted by atomic mass is 9.90. The van der Waals surface area contributed by atoms with Gasteiger partial charge in [-0.2, -0.15) is 0 Å². The summed E-state index contributed by atoms with van der Waals surface area (Å²) in [7, 11) is 0. The van der Waals surface area contributed by atoms with E-state index in [0.29, 0.717) is 12.8 Å². The predicted molar refractivity (Wildman–Crippen MR) is 142 cm³/mol. The van der Waals surface area contributed by atoms with Crippen LogP contribution < -0.4 is 10.6 Å². The SMILES string of the molecule is CCC(C)C(NC(=O)C(C)(C)C)C(=O)OC(C)(C)CC(C)(C)OC(=O)C(NC(C)(C)C)C(C)CC. The highest BCUT2D eigenvalue weighted by Crippen LogP contribution is 2.29. The molecule has 7 heteroatoms. The number of hydrogen-bond donors (Lipinski definition) is 2. The summed E-state index contributed by atoms with van der Waals surface area (Å²) in [5.41, 5.74) is -2.64. The Morgan fingerprint density at radius 2 is 1.06 bits per heavy atom. The molecule has 0 heterocycles.